The molecule has 2 atom stereocenters. The van der Waals surface area contributed by atoms with Crippen molar-refractivity contribution in [1.82, 2.24) is 0 Å². The van der Waals surface area contributed by atoms with Gasteiger partial charge in [0.25, 0.3) is 0 Å². The van der Waals surface area contributed by atoms with E-state index in [1.165, 1.54) is 30.5 Å². The third-order valence-corrected chi connectivity index (χ3v) is 4.28. The molecule has 3 N–H and O–H groups in total. The number of phenolic OH excluding ortho intramolecular Hbond substituents is 1. The first kappa shape index (κ1) is 10.9. The maximum atomic E-state index is 9.63. The Morgan fingerprint density at radius 3 is 3.06 bits per heavy atom. The van der Waals surface area contributed by atoms with Crippen molar-refractivity contribution in [2.24, 2.45) is 11.7 Å². The highest BCUT2D eigenvalue weighted by Gasteiger charge is 2.32. The predicted octanol–water partition coefficient (Wildman–Crippen LogP) is 1.88. The van der Waals surface area contributed by atoms with Crippen LogP contribution in [0.15, 0.2) is 18.2 Å². The van der Waals surface area contributed by atoms with Crippen molar-refractivity contribution in [3.8, 4) is 5.75 Å². The third-order valence-electron chi connectivity index (χ3n) is 4.28. The molecule has 2 unspecified atom stereocenters. The Labute approximate surface area is 102 Å². The van der Waals surface area contributed by atoms with Crippen molar-refractivity contribution >= 4 is 5.69 Å². The molecule has 3 nitrogen and oxygen atoms in total. The second-order valence-electron chi connectivity index (χ2n) is 5.33. The minimum atomic E-state index is 0.380. The van der Waals surface area contributed by atoms with Crippen molar-refractivity contribution in [3.63, 3.8) is 0 Å². The standard InChI is InChI=1S/C14H20N2O/c15-9-10-5-6-16-12(7-10)3-1-11-2-4-13(17)8-14(11)16/h2,4,8,10,12,17H,1,3,5-7,9,15H2. The predicted molar refractivity (Wildman–Crippen MR) is 69.3 cm³/mol. The van der Waals surface area contributed by atoms with E-state index in [4.69, 9.17) is 5.73 Å². The van der Waals surface area contributed by atoms with Crippen LogP contribution in [0.25, 0.3) is 0 Å². The number of anilines is 1. The summed E-state index contributed by atoms with van der Waals surface area (Å²) in [7, 11) is 0. The summed E-state index contributed by atoms with van der Waals surface area (Å²) in [6, 6.07) is 6.41. The molecule has 0 radical (unpaired) electrons. The van der Waals surface area contributed by atoms with Gasteiger partial charge in [-0.1, -0.05) is 6.07 Å². The molecule has 0 aromatic heterocycles. The van der Waals surface area contributed by atoms with Crippen molar-refractivity contribution in [1.29, 1.82) is 0 Å². The number of hydrogen-bond acceptors (Lipinski definition) is 3. The van der Waals surface area contributed by atoms with Crippen LogP contribution in [-0.2, 0) is 6.42 Å². The quantitative estimate of drug-likeness (QED) is 0.777. The van der Waals surface area contributed by atoms with E-state index in [9.17, 15) is 5.11 Å². The average molecular weight is 232 g/mol. The highest BCUT2D eigenvalue weighted by atomic mass is 16.3. The van der Waals surface area contributed by atoms with E-state index in [-0.39, 0.29) is 0 Å². The van der Waals surface area contributed by atoms with Gasteiger partial charge < -0.3 is 15.7 Å². The lowest BCUT2D eigenvalue weighted by Crippen LogP contribution is -2.46. The Balaban J connectivity index is 1.89. The maximum absolute atomic E-state index is 9.63. The highest BCUT2D eigenvalue weighted by molar-refractivity contribution is 5.59. The fraction of sp³-hybridized carbons (Fsp3) is 0.571. The second-order valence-corrected chi connectivity index (χ2v) is 5.33. The van der Waals surface area contributed by atoms with Crippen LogP contribution in [0.5, 0.6) is 5.75 Å². The summed E-state index contributed by atoms with van der Waals surface area (Å²) >= 11 is 0. The fourth-order valence-electron chi connectivity index (χ4n) is 3.29. The first-order chi connectivity index (χ1) is 8.28. The van der Waals surface area contributed by atoms with Crippen LogP contribution >= 0.6 is 0 Å². The van der Waals surface area contributed by atoms with E-state index >= 15 is 0 Å². The molecule has 2 aliphatic heterocycles. The van der Waals surface area contributed by atoms with Crippen molar-refractivity contribution in [3.05, 3.63) is 23.8 Å². The molecule has 1 fully saturated rings. The summed E-state index contributed by atoms with van der Waals surface area (Å²) in [6.45, 7) is 1.90. The monoisotopic (exact) mass is 232 g/mol. The lowest BCUT2D eigenvalue weighted by atomic mass is 9.84. The van der Waals surface area contributed by atoms with Crippen molar-refractivity contribution in [2.75, 3.05) is 18.0 Å². The molecule has 0 saturated carbocycles. The smallest absolute Gasteiger partial charge is 0.117 e. The molecule has 3 rings (SSSR count). The first-order valence-corrected chi connectivity index (χ1v) is 6.56. The lowest BCUT2D eigenvalue weighted by Gasteiger charge is -2.44. The Morgan fingerprint density at radius 2 is 2.24 bits per heavy atom. The summed E-state index contributed by atoms with van der Waals surface area (Å²) < 4.78 is 0. The molecule has 2 aliphatic rings. The molecule has 92 valence electrons. The van der Waals surface area contributed by atoms with Crippen molar-refractivity contribution in [2.45, 2.75) is 31.7 Å². The molecular formula is C14H20N2O. The largest absolute Gasteiger partial charge is 0.508 e. The van der Waals surface area contributed by atoms with Crippen LogP contribution in [-0.4, -0.2) is 24.2 Å². The molecule has 17 heavy (non-hydrogen) atoms. The van der Waals surface area contributed by atoms with Gasteiger partial charge in [-0.05, 0) is 49.8 Å². The number of benzene rings is 1. The molecular weight excluding hydrogens is 212 g/mol. The molecule has 1 saturated heterocycles. The van der Waals surface area contributed by atoms with Gasteiger partial charge in [0.2, 0.25) is 0 Å². The van der Waals surface area contributed by atoms with Crippen LogP contribution in [0.1, 0.15) is 24.8 Å². The Morgan fingerprint density at radius 1 is 1.35 bits per heavy atom. The molecule has 0 amide bonds. The topological polar surface area (TPSA) is 49.5 Å². The van der Waals surface area contributed by atoms with Gasteiger partial charge in [0.1, 0.15) is 5.75 Å². The maximum Gasteiger partial charge on any atom is 0.117 e. The second kappa shape index (κ2) is 4.22. The van der Waals surface area contributed by atoms with Gasteiger partial charge in [0.05, 0.1) is 0 Å². The summed E-state index contributed by atoms with van der Waals surface area (Å²) in [5.41, 5.74) is 8.41. The van der Waals surface area contributed by atoms with Gasteiger partial charge in [0, 0.05) is 24.3 Å². The number of nitrogens with two attached hydrogens (primary N) is 1. The molecule has 0 spiro atoms. The number of nitrogens with zero attached hydrogens (tertiary/aromatic N) is 1. The van der Waals surface area contributed by atoms with Crippen LogP contribution in [0, 0.1) is 5.92 Å². The Hall–Kier alpha value is -1.22. The van der Waals surface area contributed by atoms with Gasteiger partial charge in [-0.25, -0.2) is 0 Å². The van der Waals surface area contributed by atoms with Crippen LogP contribution in [0.4, 0.5) is 5.69 Å². The van der Waals surface area contributed by atoms with E-state index < -0.39 is 0 Å². The van der Waals surface area contributed by atoms with E-state index in [1.807, 2.05) is 6.07 Å². The van der Waals surface area contributed by atoms with Crippen LogP contribution < -0.4 is 10.6 Å². The number of phenols is 1. The van der Waals surface area contributed by atoms with Crippen LogP contribution in [0.2, 0.25) is 0 Å². The van der Waals surface area contributed by atoms with E-state index in [0.717, 1.165) is 19.5 Å². The van der Waals surface area contributed by atoms with Gasteiger partial charge in [-0.15, -0.1) is 0 Å². The van der Waals surface area contributed by atoms with E-state index in [2.05, 4.69) is 11.0 Å². The molecule has 2 heterocycles. The number of rotatable bonds is 1. The highest BCUT2D eigenvalue weighted by Crippen LogP contribution is 2.38. The minimum absolute atomic E-state index is 0.380. The molecule has 1 aromatic carbocycles. The number of aromatic hydroxyl groups is 1. The SMILES string of the molecule is NCC1CCN2c3cc(O)ccc3CCC2C1. The van der Waals surface area contributed by atoms with Gasteiger partial charge in [-0.3, -0.25) is 0 Å². The van der Waals surface area contributed by atoms with Crippen LogP contribution in [0.3, 0.4) is 0 Å². The number of hydrogen-bond donors (Lipinski definition) is 2. The fourth-order valence-corrected chi connectivity index (χ4v) is 3.29. The molecule has 3 heteroatoms. The zero-order valence-corrected chi connectivity index (χ0v) is 10.1. The van der Waals surface area contributed by atoms with Gasteiger partial charge >= 0.3 is 0 Å². The van der Waals surface area contributed by atoms with Crippen molar-refractivity contribution < 1.29 is 5.11 Å². The summed E-state index contributed by atoms with van der Waals surface area (Å²) in [4.78, 5) is 2.48. The average Bonchev–Trinajstić information content (AvgIpc) is 2.37. The van der Waals surface area contributed by atoms with E-state index in [1.54, 1.807) is 6.07 Å². The summed E-state index contributed by atoms with van der Waals surface area (Å²) in [6.07, 6.45) is 4.76. The number of aryl methyl sites for hydroxylation is 1. The molecule has 0 aliphatic carbocycles. The summed E-state index contributed by atoms with van der Waals surface area (Å²) in [5, 5.41) is 9.63. The van der Waals surface area contributed by atoms with Gasteiger partial charge in [0.15, 0.2) is 0 Å². The third kappa shape index (κ3) is 1.89. The van der Waals surface area contributed by atoms with Gasteiger partial charge in [-0.2, -0.15) is 0 Å². The lowest BCUT2D eigenvalue weighted by molar-refractivity contribution is 0.327. The normalized spacial score (nSPS) is 27.5. The summed E-state index contributed by atoms with van der Waals surface area (Å²) in [5.74, 6) is 1.07. The Kier molecular flexibility index (Phi) is 2.71. The van der Waals surface area contributed by atoms with E-state index in [0.29, 0.717) is 17.7 Å². The molecule has 1 aromatic rings. The molecule has 0 bridgehead atoms. The minimum Gasteiger partial charge on any atom is -0.508 e. The zero-order chi connectivity index (χ0) is 11.8. The zero-order valence-electron chi connectivity index (χ0n) is 10.1. The number of piperidine rings is 1. The Bertz CT molecular complexity index is 419. The number of fused-ring (bicyclic) bond motifs is 3. The first-order valence-electron chi connectivity index (χ1n) is 6.56.